The molecule has 0 aliphatic carbocycles. The molecule has 0 aliphatic heterocycles. The van der Waals surface area contributed by atoms with Crippen LogP contribution in [0.4, 0.5) is 4.39 Å². The second kappa shape index (κ2) is 4.60. The molecule has 0 aliphatic rings. The predicted molar refractivity (Wildman–Crippen MR) is 47.9 cm³/mol. The molecule has 0 spiro atoms. The number of ether oxygens (including phenoxy) is 1. The number of ketones is 1. The van der Waals surface area contributed by atoms with Crippen LogP contribution in [0.3, 0.4) is 0 Å². The van der Waals surface area contributed by atoms with Crippen LogP contribution in [0.1, 0.15) is 16.8 Å². The van der Waals surface area contributed by atoms with E-state index in [-0.39, 0.29) is 12.2 Å². The van der Waals surface area contributed by atoms with Crippen molar-refractivity contribution in [2.45, 2.75) is 6.42 Å². The molecular weight excluding hydrogens is 171 g/mol. The maximum atomic E-state index is 11.8. The summed E-state index contributed by atoms with van der Waals surface area (Å²) in [5.74, 6) is 0.516. The van der Waals surface area contributed by atoms with Gasteiger partial charge >= 0.3 is 0 Å². The van der Waals surface area contributed by atoms with Crippen LogP contribution >= 0.6 is 0 Å². The zero-order valence-electron chi connectivity index (χ0n) is 7.42. The van der Waals surface area contributed by atoms with E-state index in [0.29, 0.717) is 11.3 Å². The van der Waals surface area contributed by atoms with Gasteiger partial charge in [-0.05, 0) is 24.3 Å². The first-order chi connectivity index (χ1) is 6.27. The van der Waals surface area contributed by atoms with E-state index >= 15 is 0 Å². The first-order valence-electron chi connectivity index (χ1n) is 4.01. The van der Waals surface area contributed by atoms with Crippen LogP contribution < -0.4 is 4.74 Å². The van der Waals surface area contributed by atoms with E-state index in [1.165, 1.54) is 0 Å². The van der Waals surface area contributed by atoms with Crippen molar-refractivity contribution in [1.82, 2.24) is 0 Å². The number of rotatable bonds is 4. The van der Waals surface area contributed by atoms with Gasteiger partial charge in [0.1, 0.15) is 5.75 Å². The van der Waals surface area contributed by atoms with Crippen molar-refractivity contribution in [2.24, 2.45) is 0 Å². The fourth-order valence-electron chi connectivity index (χ4n) is 1.01. The Kier molecular flexibility index (Phi) is 3.43. The molecular formula is C10H11FO2. The molecule has 0 saturated carbocycles. The first-order valence-corrected chi connectivity index (χ1v) is 4.01. The van der Waals surface area contributed by atoms with E-state index in [4.69, 9.17) is 4.74 Å². The first kappa shape index (κ1) is 9.71. The lowest BCUT2D eigenvalue weighted by atomic mass is 10.1. The monoisotopic (exact) mass is 182 g/mol. The van der Waals surface area contributed by atoms with Gasteiger partial charge in [-0.1, -0.05) is 0 Å². The van der Waals surface area contributed by atoms with Crippen molar-refractivity contribution < 1.29 is 13.9 Å². The molecule has 0 N–H and O–H groups in total. The van der Waals surface area contributed by atoms with Crippen LogP contribution in [0.25, 0.3) is 0 Å². The van der Waals surface area contributed by atoms with Crippen LogP contribution in [0.5, 0.6) is 5.75 Å². The number of carbonyl (C=O) groups is 1. The Morgan fingerprint density at radius 3 is 2.46 bits per heavy atom. The third-order valence-electron chi connectivity index (χ3n) is 1.73. The van der Waals surface area contributed by atoms with Gasteiger partial charge in [-0.3, -0.25) is 9.18 Å². The minimum atomic E-state index is -0.606. The highest BCUT2D eigenvalue weighted by molar-refractivity contribution is 5.96. The van der Waals surface area contributed by atoms with E-state index < -0.39 is 6.67 Å². The Morgan fingerprint density at radius 1 is 1.38 bits per heavy atom. The van der Waals surface area contributed by atoms with Gasteiger partial charge in [-0.2, -0.15) is 0 Å². The van der Waals surface area contributed by atoms with E-state index in [1.807, 2.05) is 0 Å². The second-order valence-corrected chi connectivity index (χ2v) is 2.59. The Bertz CT molecular complexity index is 279. The SMILES string of the molecule is COc1ccc(C(=O)CCF)cc1. The Hall–Kier alpha value is -1.38. The quantitative estimate of drug-likeness (QED) is 0.667. The third kappa shape index (κ3) is 2.54. The van der Waals surface area contributed by atoms with Crippen molar-refractivity contribution in [3.63, 3.8) is 0 Å². The fourth-order valence-corrected chi connectivity index (χ4v) is 1.01. The molecule has 0 atom stereocenters. The normalized spacial score (nSPS) is 9.69. The summed E-state index contributed by atoms with van der Waals surface area (Å²) in [6.07, 6.45) is -0.0493. The standard InChI is InChI=1S/C10H11FO2/c1-13-9-4-2-8(3-5-9)10(12)6-7-11/h2-5H,6-7H2,1H3. The van der Waals surface area contributed by atoms with Gasteiger partial charge in [0.05, 0.1) is 13.8 Å². The van der Waals surface area contributed by atoms with Crippen molar-refractivity contribution >= 4 is 5.78 Å². The molecule has 0 amide bonds. The number of hydrogen-bond donors (Lipinski definition) is 0. The minimum absolute atomic E-state index is 0.0493. The molecule has 1 aromatic carbocycles. The second-order valence-electron chi connectivity index (χ2n) is 2.59. The maximum absolute atomic E-state index is 11.8. The predicted octanol–water partition coefficient (Wildman–Crippen LogP) is 2.24. The van der Waals surface area contributed by atoms with Gasteiger partial charge in [0, 0.05) is 12.0 Å². The molecule has 0 bridgehead atoms. The molecule has 70 valence electrons. The summed E-state index contributed by atoms with van der Waals surface area (Å²) in [5.41, 5.74) is 0.526. The summed E-state index contributed by atoms with van der Waals surface area (Å²) in [6, 6.07) is 6.64. The number of methoxy groups -OCH3 is 1. The minimum Gasteiger partial charge on any atom is -0.497 e. The molecule has 2 nitrogen and oxygen atoms in total. The number of Topliss-reactive ketones (excluding diaryl/α,β-unsaturated/α-hetero) is 1. The van der Waals surface area contributed by atoms with E-state index in [9.17, 15) is 9.18 Å². The van der Waals surface area contributed by atoms with Crippen molar-refractivity contribution in [3.05, 3.63) is 29.8 Å². The van der Waals surface area contributed by atoms with Gasteiger partial charge in [0.15, 0.2) is 5.78 Å². The summed E-state index contributed by atoms with van der Waals surface area (Å²) in [6.45, 7) is -0.606. The summed E-state index contributed by atoms with van der Waals surface area (Å²) >= 11 is 0. The summed E-state index contributed by atoms with van der Waals surface area (Å²) in [7, 11) is 1.55. The highest BCUT2D eigenvalue weighted by Gasteiger charge is 2.04. The van der Waals surface area contributed by atoms with Gasteiger partial charge in [0.25, 0.3) is 0 Å². The maximum Gasteiger partial charge on any atom is 0.165 e. The van der Waals surface area contributed by atoms with Crippen molar-refractivity contribution in [3.8, 4) is 5.75 Å². The average Bonchev–Trinajstić information content (AvgIpc) is 2.18. The molecule has 0 radical (unpaired) electrons. The lowest BCUT2D eigenvalue weighted by molar-refractivity contribution is 0.0974. The van der Waals surface area contributed by atoms with Gasteiger partial charge in [-0.25, -0.2) is 0 Å². The van der Waals surface area contributed by atoms with E-state index in [1.54, 1.807) is 31.4 Å². The largest absolute Gasteiger partial charge is 0.497 e. The number of hydrogen-bond acceptors (Lipinski definition) is 2. The van der Waals surface area contributed by atoms with Gasteiger partial charge in [0.2, 0.25) is 0 Å². The average molecular weight is 182 g/mol. The molecule has 0 aromatic heterocycles. The number of carbonyl (C=O) groups excluding carboxylic acids is 1. The Morgan fingerprint density at radius 2 is 2.00 bits per heavy atom. The Labute approximate surface area is 76.3 Å². The summed E-state index contributed by atoms with van der Waals surface area (Å²) < 4.78 is 16.8. The highest BCUT2D eigenvalue weighted by Crippen LogP contribution is 2.12. The fraction of sp³-hybridized carbons (Fsp3) is 0.300. The lowest BCUT2D eigenvalue weighted by Gasteiger charge is -2.00. The van der Waals surface area contributed by atoms with Crippen molar-refractivity contribution in [2.75, 3.05) is 13.8 Å². The summed E-state index contributed by atoms with van der Waals surface area (Å²) in [5, 5.41) is 0. The highest BCUT2D eigenvalue weighted by atomic mass is 19.1. The van der Waals surface area contributed by atoms with Crippen LogP contribution in [0, 0.1) is 0 Å². The van der Waals surface area contributed by atoms with E-state index in [2.05, 4.69) is 0 Å². The van der Waals surface area contributed by atoms with Gasteiger partial charge in [-0.15, -0.1) is 0 Å². The summed E-state index contributed by atoms with van der Waals surface area (Å²) in [4.78, 5) is 11.2. The topological polar surface area (TPSA) is 26.3 Å². The van der Waals surface area contributed by atoms with E-state index in [0.717, 1.165) is 0 Å². The number of halogens is 1. The van der Waals surface area contributed by atoms with Crippen LogP contribution in [0.15, 0.2) is 24.3 Å². The molecule has 0 heterocycles. The van der Waals surface area contributed by atoms with Crippen molar-refractivity contribution in [1.29, 1.82) is 0 Å². The Balaban J connectivity index is 2.74. The zero-order valence-corrected chi connectivity index (χ0v) is 7.42. The van der Waals surface area contributed by atoms with Crippen LogP contribution in [-0.4, -0.2) is 19.6 Å². The van der Waals surface area contributed by atoms with Gasteiger partial charge < -0.3 is 4.74 Å². The van der Waals surface area contributed by atoms with Crippen LogP contribution in [0.2, 0.25) is 0 Å². The molecule has 0 unspecified atom stereocenters. The molecule has 1 rings (SSSR count). The third-order valence-corrected chi connectivity index (χ3v) is 1.73. The number of benzene rings is 1. The number of alkyl halides is 1. The smallest absolute Gasteiger partial charge is 0.165 e. The molecule has 13 heavy (non-hydrogen) atoms. The zero-order chi connectivity index (χ0) is 9.68. The molecule has 0 fully saturated rings. The van der Waals surface area contributed by atoms with Crippen LogP contribution in [-0.2, 0) is 0 Å². The molecule has 1 aromatic rings. The lowest BCUT2D eigenvalue weighted by Crippen LogP contribution is -1.99. The molecule has 3 heteroatoms. The molecule has 0 saturated heterocycles.